The minimum Gasteiger partial charge on any atom is -0.497 e. The van der Waals surface area contributed by atoms with Crippen molar-refractivity contribution < 1.29 is 14.6 Å². The van der Waals surface area contributed by atoms with Crippen LogP contribution in [-0.4, -0.2) is 42.2 Å². The lowest BCUT2D eigenvalue weighted by molar-refractivity contribution is -0.129. The van der Waals surface area contributed by atoms with Crippen LogP contribution in [0.5, 0.6) is 5.75 Å². The van der Waals surface area contributed by atoms with Gasteiger partial charge in [0.05, 0.1) is 19.6 Å². The van der Waals surface area contributed by atoms with Crippen molar-refractivity contribution in [3.05, 3.63) is 28.2 Å². The fourth-order valence-corrected chi connectivity index (χ4v) is 2.88. The normalized spacial score (nSPS) is 20.0. The molecule has 1 aliphatic rings. The maximum absolute atomic E-state index is 12.3. The highest BCUT2D eigenvalue weighted by Crippen LogP contribution is 2.25. The van der Waals surface area contributed by atoms with Crippen LogP contribution in [0.2, 0.25) is 0 Å². The summed E-state index contributed by atoms with van der Waals surface area (Å²) in [6, 6.07) is 5.63. The van der Waals surface area contributed by atoms with Crippen molar-refractivity contribution in [2.75, 3.05) is 20.2 Å². The maximum Gasteiger partial charge on any atom is 0.227 e. The number of rotatable bonds is 4. The molecule has 1 N–H and O–H groups in total. The molecular weight excluding hydrogens is 322 g/mol. The number of carbonyl (C=O) groups excluding carboxylic acids is 1. The van der Waals surface area contributed by atoms with Gasteiger partial charge in [-0.05, 0) is 37.1 Å². The van der Waals surface area contributed by atoms with Gasteiger partial charge in [-0.3, -0.25) is 4.79 Å². The first-order chi connectivity index (χ1) is 9.51. The number of amides is 1. The number of methoxy groups -OCH3 is 1. The molecule has 1 amide bonds. The van der Waals surface area contributed by atoms with Crippen molar-refractivity contribution in [1.29, 1.82) is 0 Å². The van der Waals surface area contributed by atoms with Gasteiger partial charge in [0.25, 0.3) is 0 Å². The topological polar surface area (TPSA) is 49.8 Å². The number of hydrogen-bond donors (Lipinski definition) is 1. The van der Waals surface area contributed by atoms with Crippen LogP contribution in [0, 0.1) is 5.92 Å². The minimum absolute atomic E-state index is 0.0992. The summed E-state index contributed by atoms with van der Waals surface area (Å²) in [6.45, 7) is 3.17. The first-order valence-electron chi connectivity index (χ1n) is 6.79. The molecule has 20 heavy (non-hydrogen) atoms. The Kier molecular flexibility index (Phi) is 5.05. The highest BCUT2D eigenvalue weighted by Gasteiger charge is 2.29. The Balaban J connectivity index is 2.02. The van der Waals surface area contributed by atoms with Crippen molar-refractivity contribution in [2.45, 2.75) is 25.9 Å². The van der Waals surface area contributed by atoms with Crippen LogP contribution < -0.4 is 4.74 Å². The lowest BCUT2D eigenvalue weighted by Gasteiger charge is -2.18. The molecule has 0 aromatic heterocycles. The number of aliphatic hydroxyl groups excluding tert-OH is 1. The fourth-order valence-electron chi connectivity index (χ4n) is 2.50. The number of nitrogens with zero attached hydrogens (tertiary/aromatic N) is 1. The van der Waals surface area contributed by atoms with E-state index in [1.54, 1.807) is 14.0 Å². The first-order valence-corrected chi connectivity index (χ1v) is 7.59. The summed E-state index contributed by atoms with van der Waals surface area (Å²) < 4.78 is 6.10. The van der Waals surface area contributed by atoms with Crippen LogP contribution in [0.15, 0.2) is 22.7 Å². The average molecular weight is 342 g/mol. The molecule has 0 spiro atoms. The van der Waals surface area contributed by atoms with Crippen LogP contribution in [-0.2, 0) is 11.2 Å². The van der Waals surface area contributed by atoms with Crippen LogP contribution in [0.4, 0.5) is 0 Å². The zero-order chi connectivity index (χ0) is 14.7. The molecule has 110 valence electrons. The van der Waals surface area contributed by atoms with Gasteiger partial charge in [-0.1, -0.05) is 15.9 Å². The van der Waals surface area contributed by atoms with Crippen molar-refractivity contribution in [2.24, 2.45) is 5.92 Å². The van der Waals surface area contributed by atoms with Crippen LogP contribution in [0.3, 0.4) is 0 Å². The molecule has 1 fully saturated rings. The first kappa shape index (κ1) is 15.3. The summed E-state index contributed by atoms with van der Waals surface area (Å²) in [5.41, 5.74) is 0.926. The standard InChI is InChI=1S/C15H20BrNO3/c1-10(18)11-5-6-17(9-11)15(19)8-12-7-13(20-2)3-4-14(12)16/h3-4,7,10-11,18H,5-6,8-9H2,1-2H3. The summed E-state index contributed by atoms with van der Waals surface area (Å²) in [5, 5.41) is 9.59. The number of benzene rings is 1. The molecule has 5 heteroatoms. The molecular formula is C15H20BrNO3. The average Bonchev–Trinajstić information content (AvgIpc) is 2.91. The molecule has 2 unspecified atom stereocenters. The van der Waals surface area contributed by atoms with Gasteiger partial charge < -0.3 is 14.7 Å². The van der Waals surface area contributed by atoms with Crippen molar-refractivity contribution >= 4 is 21.8 Å². The smallest absolute Gasteiger partial charge is 0.227 e. The molecule has 1 aromatic carbocycles. The molecule has 2 atom stereocenters. The Hall–Kier alpha value is -1.07. The van der Waals surface area contributed by atoms with Gasteiger partial charge in [0, 0.05) is 23.5 Å². The van der Waals surface area contributed by atoms with Gasteiger partial charge in [-0.25, -0.2) is 0 Å². The molecule has 0 aliphatic carbocycles. The lowest BCUT2D eigenvalue weighted by atomic mass is 10.0. The van der Waals surface area contributed by atoms with Crippen molar-refractivity contribution in [1.82, 2.24) is 4.90 Å². The maximum atomic E-state index is 12.3. The number of carbonyl (C=O) groups is 1. The quantitative estimate of drug-likeness (QED) is 0.913. The van der Waals surface area contributed by atoms with E-state index in [9.17, 15) is 9.90 Å². The van der Waals surface area contributed by atoms with E-state index in [1.807, 2.05) is 23.1 Å². The predicted octanol–water partition coefficient (Wildman–Crippen LogP) is 2.23. The molecule has 4 nitrogen and oxygen atoms in total. The predicted molar refractivity (Wildman–Crippen MR) is 80.8 cm³/mol. The second kappa shape index (κ2) is 6.59. The SMILES string of the molecule is COc1ccc(Br)c(CC(=O)N2CCC(C(C)O)C2)c1. The molecule has 2 rings (SSSR count). The third-order valence-electron chi connectivity index (χ3n) is 3.85. The Bertz CT molecular complexity index is 490. The largest absolute Gasteiger partial charge is 0.497 e. The van der Waals surface area contributed by atoms with Gasteiger partial charge in [0.1, 0.15) is 5.75 Å². The van der Waals surface area contributed by atoms with E-state index in [4.69, 9.17) is 4.74 Å². The molecule has 0 saturated carbocycles. The lowest BCUT2D eigenvalue weighted by Crippen LogP contribution is -2.31. The van der Waals surface area contributed by atoms with Gasteiger partial charge in [-0.2, -0.15) is 0 Å². The molecule has 0 bridgehead atoms. The van der Waals surface area contributed by atoms with E-state index in [2.05, 4.69) is 15.9 Å². The Labute approximate surface area is 127 Å². The number of halogens is 1. The summed E-state index contributed by atoms with van der Waals surface area (Å²) in [7, 11) is 1.61. The molecule has 1 heterocycles. The third kappa shape index (κ3) is 3.52. The highest BCUT2D eigenvalue weighted by molar-refractivity contribution is 9.10. The van der Waals surface area contributed by atoms with E-state index in [1.165, 1.54) is 0 Å². The second-order valence-corrected chi connectivity index (χ2v) is 6.12. The number of hydrogen-bond acceptors (Lipinski definition) is 3. The van der Waals surface area contributed by atoms with E-state index in [0.29, 0.717) is 13.0 Å². The van der Waals surface area contributed by atoms with Crippen molar-refractivity contribution in [3.8, 4) is 5.75 Å². The Morgan fingerprint density at radius 1 is 1.60 bits per heavy atom. The van der Waals surface area contributed by atoms with Gasteiger partial charge >= 0.3 is 0 Å². The second-order valence-electron chi connectivity index (χ2n) is 5.26. The summed E-state index contributed by atoms with van der Waals surface area (Å²) in [6.07, 6.45) is 0.879. The molecule has 1 aromatic rings. The zero-order valence-electron chi connectivity index (χ0n) is 11.8. The van der Waals surface area contributed by atoms with E-state index < -0.39 is 0 Å². The summed E-state index contributed by atoms with van der Waals surface area (Å²) >= 11 is 3.47. The van der Waals surface area contributed by atoms with E-state index in [-0.39, 0.29) is 17.9 Å². The number of likely N-dealkylation sites (tertiary alicyclic amines) is 1. The fraction of sp³-hybridized carbons (Fsp3) is 0.533. The van der Waals surface area contributed by atoms with Crippen LogP contribution in [0.25, 0.3) is 0 Å². The van der Waals surface area contributed by atoms with E-state index in [0.717, 1.165) is 28.8 Å². The molecule has 1 aliphatic heterocycles. The Morgan fingerprint density at radius 3 is 2.95 bits per heavy atom. The minimum atomic E-state index is -0.351. The van der Waals surface area contributed by atoms with Crippen LogP contribution >= 0.6 is 15.9 Å². The Morgan fingerprint density at radius 2 is 2.35 bits per heavy atom. The third-order valence-corrected chi connectivity index (χ3v) is 4.63. The highest BCUT2D eigenvalue weighted by atomic mass is 79.9. The molecule has 0 radical (unpaired) electrons. The van der Waals surface area contributed by atoms with Crippen LogP contribution in [0.1, 0.15) is 18.9 Å². The van der Waals surface area contributed by atoms with E-state index >= 15 is 0 Å². The van der Waals surface area contributed by atoms with Gasteiger partial charge in [0.2, 0.25) is 5.91 Å². The van der Waals surface area contributed by atoms with Crippen molar-refractivity contribution in [3.63, 3.8) is 0 Å². The number of ether oxygens (including phenoxy) is 1. The van der Waals surface area contributed by atoms with Gasteiger partial charge in [-0.15, -0.1) is 0 Å². The summed E-state index contributed by atoms with van der Waals surface area (Å²) in [4.78, 5) is 14.2. The zero-order valence-corrected chi connectivity index (χ0v) is 13.4. The number of aliphatic hydroxyl groups is 1. The summed E-state index contributed by atoms with van der Waals surface area (Å²) in [5.74, 6) is 1.05. The van der Waals surface area contributed by atoms with Gasteiger partial charge in [0.15, 0.2) is 0 Å². The molecule has 1 saturated heterocycles. The monoisotopic (exact) mass is 341 g/mol.